The zero-order chi connectivity index (χ0) is 10.3. The second-order valence-electron chi connectivity index (χ2n) is 2.83. The lowest BCUT2D eigenvalue weighted by Crippen LogP contribution is -2.46. The van der Waals surface area contributed by atoms with Crippen molar-refractivity contribution in [1.29, 1.82) is 0 Å². The lowest BCUT2D eigenvalue weighted by Gasteiger charge is -2.31. The Kier molecular flexibility index (Phi) is 6.24. The second kappa shape index (κ2) is 6.66. The number of piperazine rings is 1. The van der Waals surface area contributed by atoms with Crippen LogP contribution in [-0.2, 0) is 4.79 Å². The third kappa shape index (κ3) is 4.08. The summed E-state index contributed by atoms with van der Waals surface area (Å²) >= 11 is 0. The number of likely N-dealkylation sites (N-methyl/N-ethyl adjacent to an activating group) is 1. The summed E-state index contributed by atoms with van der Waals surface area (Å²) in [5.41, 5.74) is 0. The molecule has 0 aromatic carbocycles. The first-order chi connectivity index (χ1) is 6.24. The topological polar surface area (TPSA) is 23.6 Å². The Morgan fingerprint density at radius 2 is 1.69 bits per heavy atom. The molecular weight excluding hydrogens is 164 g/mol. The SMILES string of the molecule is C=CC(=O)N1CCN(C)CC1.CC. The molecule has 0 spiro atoms. The van der Waals surface area contributed by atoms with Gasteiger partial charge in [0.25, 0.3) is 0 Å². The molecule has 1 aliphatic heterocycles. The van der Waals surface area contributed by atoms with Crippen LogP contribution < -0.4 is 0 Å². The summed E-state index contributed by atoms with van der Waals surface area (Å²) in [6.07, 6.45) is 1.38. The molecule has 0 atom stereocenters. The van der Waals surface area contributed by atoms with Crippen molar-refractivity contribution in [2.45, 2.75) is 13.8 Å². The van der Waals surface area contributed by atoms with Crippen LogP contribution in [0.2, 0.25) is 0 Å². The minimum Gasteiger partial charge on any atom is -0.337 e. The molecule has 1 saturated heterocycles. The molecule has 0 saturated carbocycles. The van der Waals surface area contributed by atoms with E-state index >= 15 is 0 Å². The Balaban J connectivity index is 0.000000671. The van der Waals surface area contributed by atoms with Crippen molar-refractivity contribution in [3.05, 3.63) is 12.7 Å². The first kappa shape index (κ1) is 12.2. The number of rotatable bonds is 1. The predicted molar refractivity (Wildman–Crippen MR) is 55.6 cm³/mol. The lowest BCUT2D eigenvalue weighted by atomic mass is 10.3. The van der Waals surface area contributed by atoms with Gasteiger partial charge < -0.3 is 9.80 Å². The molecule has 1 amide bonds. The van der Waals surface area contributed by atoms with Crippen molar-refractivity contribution in [1.82, 2.24) is 9.80 Å². The maximum atomic E-state index is 11.1. The smallest absolute Gasteiger partial charge is 0.246 e. The summed E-state index contributed by atoms with van der Waals surface area (Å²) < 4.78 is 0. The Morgan fingerprint density at radius 1 is 1.23 bits per heavy atom. The van der Waals surface area contributed by atoms with Gasteiger partial charge in [-0.15, -0.1) is 0 Å². The highest BCUT2D eigenvalue weighted by molar-refractivity contribution is 5.87. The Bertz CT molecular complexity index is 160. The number of amides is 1. The maximum absolute atomic E-state index is 11.1. The van der Waals surface area contributed by atoms with Crippen LogP contribution in [0, 0.1) is 0 Å². The van der Waals surface area contributed by atoms with Crippen LogP contribution in [-0.4, -0.2) is 48.9 Å². The van der Waals surface area contributed by atoms with Gasteiger partial charge in [0.1, 0.15) is 0 Å². The van der Waals surface area contributed by atoms with Crippen LogP contribution in [0.15, 0.2) is 12.7 Å². The van der Waals surface area contributed by atoms with Gasteiger partial charge in [0.15, 0.2) is 0 Å². The number of hydrogen-bond acceptors (Lipinski definition) is 2. The number of carbonyl (C=O) groups excluding carboxylic acids is 1. The van der Waals surface area contributed by atoms with E-state index in [0.717, 1.165) is 26.2 Å². The van der Waals surface area contributed by atoms with Gasteiger partial charge in [0, 0.05) is 26.2 Å². The highest BCUT2D eigenvalue weighted by Gasteiger charge is 2.15. The highest BCUT2D eigenvalue weighted by atomic mass is 16.2. The molecule has 0 aromatic heterocycles. The fraction of sp³-hybridized carbons (Fsp3) is 0.700. The summed E-state index contributed by atoms with van der Waals surface area (Å²) in [4.78, 5) is 15.1. The summed E-state index contributed by atoms with van der Waals surface area (Å²) in [7, 11) is 2.07. The normalized spacial score (nSPS) is 17.3. The van der Waals surface area contributed by atoms with E-state index in [1.807, 2.05) is 18.7 Å². The van der Waals surface area contributed by atoms with E-state index < -0.39 is 0 Å². The molecule has 13 heavy (non-hydrogen) atoms. The summed E-state index contributed by atoms with van der Waals surface area (Å²) in [6.45, 7) is 11.1. The van der Waals surface area contributed by atoms with Crippen LogP contribution in [0.4, 0.5) is 0 Å². The largest absolute Gasteiger partial charge is 0.337 e. The van der Waals surface area contributed by atoms with E-state index in [1.54, 1.807) is 0 Å². The van der Waals surface area contributed by atoms with Gasteiger partial charge in [-0.25, -0.2) is 0 Å². The Morgan fingerprint density at radius 3 is 2.08 bits per heavy atom. The van der Waals surface area contributed by atoms with Gasteiger partial charge in [-0.1, -0.05) is 20.4 Å². The van der Waals surface area contributed by atoms with Crippen molar-refractivity contribution < 1.29 is 4.79 Å². The molecule has 0 aliphatic carbocycles. The lowest BCUT2D eigenvalue weighted by molar-refractivity contribution is -0.127. The van der Waals surface area contributed by atoms with Gasteiger partial charge in [0.05, 0.1) is 0 Å². The van der Waals surface area contributed by atoms with Gasteiger partial charge in [-0.2, -0.15) is 0 Å². The van der Waals surface area contributed by atoms with E-state index in [1.165, 1.54) is 6.08 Å². The third-order valence-electron chi connectivity index (χ3n) is 1.99. The highest BCUT2D eigenvalue weighted by Crippen LogP contribution is 1.99. The van der Waals surface area contributed by atoms with E-state index in [0.29, 0.717) is 0 Å². The molecule has 3 heteroatoms. The fourth-order valence-corrected chi connectivity index (χ4v) is 1.16. The molecule has 0 radical (unpaired) electrons. The molecule has 1 heterocycles. The van der Waals surface area contributed by atoms with Crippen molar-refractivity contribution in [2.24, 2.45) is 0 Å². The van der Waals surface area contributed by atoms with Gasteiger partial charge in [-0.3, -0.25) is 4.79 Å². The van der Waals surface area contributed by atoms with Crippen LogP contribution in [0.3, 0.4) is 0 Å². The number of hydrogen-bond donors (Lipinski definition) is 0. The van der Waals surface area contributed by atoms with Crippen LogP contribution in [0.1, 0.15) is 13.8 Å². The van der Waals surface area contributed by atoms with Gasteiger partial charge in [-0.05, 0) is 13.1 Å². The standard InChI is InChI=1S/C8H14N2O.C2H6/c1-3-8(11)10-6-4-9(2)5-7-10;1-2/h3H,1,4-7H2,2H3;1-2H3. The van der Waals surface area contributed by atoms with Gasteiger partial charge >= 0.3 is 0 Å². The van der Waals surface area contributed by atoms with E-state index in [4.69, 9.17) is 0 Å². The minimum absolute atomic E-state index is 0.0538. The molecule has 0 N–H and O–H groups in total. The molecule has 0 bridgehead atoms. The van der Waals surface area contributed by atoms with E-state index in [-0.39, 0.29) is 5.91 Å². The van der Waals surface area contributed by atoms with Crippen LogP contribution >= 0.6 is 0 Å². The summed E-state index contributed by atoms with van der Waals surface area (Å²) in [6, 6.07) is 0. The molecule has 0 unspecified atom stereocenters. The molecule has 1 rings (SSSR count). The fourth-order valence-electron chi connectivity index (χ4n) is 1.16. The molecular formula is C10H20N2O. The Hall–Kier alpha value is -0.830. The zero-order valence-corrected chi connectivity index (χ0v) is 8.92. The molecule has 1 aliphatic rings. The average molecular weight is 184 g/mol. The van der Waals surface area contributed by atoms with Crippen molar-refractivity contribution in [3.8, 4) is 0 Å². The maximum Gasteiger partial charge on any atom is 0.246 e. The molecule has 1 fully saturated rings. The average Bonchev–Trinajstić information content (AvgIpc) is 2.21. The minimum atomic E-state index is 0.0538. The first-order valence-corrected chi connectivity index (χ1v) is 4.84. The first-order valence-electron chi connectivity index (χ1n) is 4.84. The zero-order valence-electron chi connectivity index (χ0n) is 8.92. The summed E-state index contributed by atoms with van der Waals surface area (Å²) in [5.74, 6) is 0.0538. The molecule has 76 valence electrons. The predicted octanol–water partition coefficient (Wildman–Crippen LogP) is 0.973. The van der Waals surface area contributed by atoms with Crippen molar-refractivity contribution in [2.75, 3.05) is 33.2 Å². The monoisotopic (exact) mass is 184 g/mol. The summed E-state index contributed by atoms with van der Waals surface area (Å²) in [5, 5.41) is 0. The Labute approximate surface area is 81.0 Å². The second-order valence-corrected chi connectivity index (χ2v) is 2.83. The number of carbonyl (C=O) groups is 1. The molecule has 0 aromatic rings. The van der Waals surface area contributed by atoms with Crippen LogP contribution in [0.25, 0.3) is 0 Å². The quantitative estimate of drug-likeness (QED) is 0.567. The van der Waals surface area contributed by atoms with Crippen molar-refractivity contribution >= 4 is 5.91 Å². The van der Waals surface area contributed by atoms with Gasteiger partial charge in [0.2, 0.25) is 5.91 Å². The van der Waals surface area contributed by atoms with Crippen LogP contribution in [0.5, 0.6) is 0 Å². The van der Waals surface area contributed by atoms with Crippen molar-refractivity contribution in [3.63, 3.8) is 0 Å². The van der Waals surface area contributed by atoms with E-state index in [2.05, 4.69) is 18.5 Å². The molecule has 3 nitrogen and oxygen atoms in total. The third-order valence-corrected chi connectivity index (χ3v) is 1.99. The number of nitrogens with zero attached hydrogens (tertiary/aromatic N) is 2. The van der Waals surface area contributed by atoms with E-state index in [9.17, 15) is 4.79 Å².